The van der Waals surface area contributed by atoms with Crippen LogP contribution in [0.4, 0.5) is 0 Å². The Kier molecular flexibility index (Phi) is 3.42. The van der Waals surface area contributed by atoms with Crippen molar-refractivity contribution in [1.29, 1.82) is 0 Å². The predicted octanol–water partition coefficient (Wildman–Crippen LogP) is 0.713. The normalized spacial score (nSPS) is 37.3. The summed E-state index contributed by atoms with van der Waals surface area (Å²) >= 11 is 0. The molecule has 3 N–H and O–H groups in total. The van der Waals surface area contributed by atoms with Gasteiger partial charge >= 0.3 is 0 Å². The van der Waals surface area contributed by atoms with Gasteiger partial charge in [-0.2, -0.15) is 0 Å². The van der Waals surface area contributed by atoms with Gasteiger partial charge in [-0.05, 0) is 38.5 Å². The van der Waals surface area contributed by atoms with Crippen LogP contribution in [-0.4, -0.2) is 41.3 Å². The van der Waals surface area contributed by atoms with Crippen molar-refractivity contribution in [3.63, 3.8) is 0 Å². The van der Waals surface area contributed by atoms with E-state index in [0.29, 0.717) is 6.04 Å². The van der Waals surface area contributed by atoms with Crippen LogP contribution in [0.15, 0.2) is 0 Å². The molecule has 82 valence electrons. The Bertz CT molecular complexity index is 150. The Hall–Kier alpha value is -0.120. The molecule has 3 heteroatoms. The Morgan fingerprint density at radius 1 is 0.929 bits per heavy atom. The van der Waals surface area contributed by atoms with Crippen molar-refractivity contribution >= 4 is 0 Å². The summed E-state index contributed by atoms with van der Waals surface area (Å²) in [6.07, 6.45) is 6.77. The Labute approximate surface area is 86.3 Å². The second-order valence-corrected chi connectivity index (χ2v) is 4.84. The molecule has 0 aromatic carbocycles. The molecule has 0 radical (unpaired) electrons. The van der Waals surface area contributed by atoms with Crippen molar-refractivity contribution in [3.05, 3.63) is 0 Å². The fraction of sp³-hybridized carbons (Fsp3) is 1.00. The number of piperidine rings is 1. The van der Waals surface area contributed by atoms with Gasteiger partial charge in [0.05, 0.1) is 6.10 Å². The highest BCUT2D eigenvalue weighted by Gasteiger charge is 2.26. The first-order chi connectivity index (χ1) is 6.75. The lowest BCUT2D eigenvalue weighted by Crippen LogP contribution is -2.45. The number of aliphatic hydroxyl groups excluding tert-OH is 1. The van der Waals surface area contributed by atoms with E-state index in [2.05, 4.69) is 4.90 Å². The minimum atomic E-state index is -0.0444. The highest BCUT2D eigenvalue weighted by molar-refractivity contribution is 4.83. The van der Waals surface area contributed by atoms with E-state index in [1.165, 1.54) is 25.7 Å². The number of aliphatic hydroxyl groups is 1. The average molecular weight is 198 g/mol. The molecule has 0 atom stereocenters. The lowest BCUT2D eigenvalue weighted by atomic mass is 9.89. The van der Waals surface area contributed by atoms with E-state index >= 15 is 0 Å². The molecule has 0 aromatic rings. The topological polar surface area (TPSA) is 49.5 Å². The molecule has 0 unspecified atom stereocenters. The standard InChI is InChI=1S/C11H22N2O/c12-9-1-3-10(4-2-9)13-7-5-11(14)6-8-13/h9-11,14H,1-8,12H2. The SMILES string of the molecule is NC1CCC(N2CCC(O)CC2)CC1. The van der Waals surface area contributed by atoms with E-state index in [9.17, 15) is 5.11 Å². The average Bonchev–Trinajstić information content (AvgIpc) is 2.21. The van der Waals surface area contributed by atoms with Gasteiger partial charge < -0.3 is 15.7 Å². The van der Waals surface area contributed by atoms with Crippen molar-refractivity contribution in [2.45, 2.75) is 56.7 Å². The van der Waals surface area contributed by atoms with Crippen LogP contribution in [0.3, 0.4) is 0 Å². The monoisotopic (exact) mass is 198 g/mol. The van der Waals surface area contributed by atoms with Gasteiger partial charge in [0.15, 0.2) is 0 Å². The van der Waals surface area contributed by atoms with Gasteiger partial charge in [-0.1, -0.05) is 0 Å². The Morgan fingerprint density at radius 3 is 2.07 bits per heavy atom. The smallest absolute Gasteiger partial charge is 0.0564 e. The maximum atomic E-state index is 9.42. The summed E-state index contributed by atoms with van der Waals surface area (Å²) in [5.74, 6) is 0. The van der Waals surface area contributed by atoms with Crippen LogP contribution in [0.5, 0.6) is 0 Å². The quantitative estimate of drug-likeness (QED) is 0.652. The summed E-state index contributed by atoms with van der Waals surface area (Å²) < 4.78 is 0. The van der Waals surface area contributed by atoms with Gasteiger partial charge in [-0.25, -0.2) is 0 Å². The molecule has 3 nitrogen and oxygen atoms in total. The number of hydrogen-bond acceptors (Lipinski definition) is 3. The molecule has 0 bridgehead atoms. The maximum Gasteiger partial charge on any atom is 0.0564 e. The fourth-order valence-corrected chi connectivity index (χ4v) is 2.72. The van der Waals surface area contributed by atoms with Crippen LogP contribution in [0.25, 0.3) is 0 Å². The van der Waals surface area contributed by atoms with Gasteiger partial charge in [-0.15, -0.1) is 0 Å². The largest absolute Gasteiger partial charge is 0.393 e. The number of likely N-dealkylation sites (tertiary alicyclic amines) is 1. The van der Waals surface area contributed by atoms with Crippen LogP contribution in [0.2, 0.25) is 0 Å². The van der Waals surface area contributed by atoms with Gasteiger partial charge in [0, 0.05) is 25.2 Å². The molecule has 0 aromatic heterocycles. The van der Waals surface area contributed by atoms with Gasteiger partial charge in [0.1, 0.15) is 0 Å². The van der Waals surface area contributed by atoms with Crippen LogP contribution >= 0.6 is 0 Å². The molecule has 1 aliphatic carbocycles. The van der Waals surface area contributed by atoms with Gasteiger partial charge in [-0.3, -0.25) is 0 Å². The second-order valence-electron chi connectivity index (χ2n) is 4.84. The molecule has 1 aliphatic heterocycles. The molecule has 0 amide bonds. The van der Waals surface area contributed by atoms with Gasteiger partial charge in [0.25, 0.3) is 0 Å². The van der Waals surface area contributed by atoms with E-state index in [1.807, 2.05) is 0 Å². The second kappa shape index (κ2) is 4.60. The zero-order valence-corrected chi connectivity index (χ0v) is 8.86. The van der Waals surface area contributed by atoms with Crippen molar-refractivity contribution < 1.29 is 5.11 Å². The maximum absolute atomic E-state index is 9.42. The van der Waals surface area contributed by atoms with Gasteiger partial charge in [0.2, 0.25) is 0 Å². The number of hydrogen-bond donors (Lipinski definition) is 2. The van der Waals surface area contributed by atoms with E-state index in [4.69, 9.17) is 5.73 Å². The first-order valence-electron chi connectivity index (χ1n) is 5.93. The van der Waals surface area contributed by atoms with Crippen molar-refractivity contribution in [3.8, 4) is 0 Å². The zero-order chi connectivity index (χ0) is 9.97. The highest BCUT2D eigenvalue weighted by atomic mass is 16.3. The molecule has 1 heterocycles. The van der Waals surface area contributed by atoms with E-state index in [1.54, 1.807) is 0 Å². The first-order valence-corrected chi connectivity index (χ1v) is 5.93. The third kappa shape index (κ3) is 2.47. The molecule has 2 aliphatic rings. The Morgan fingerprint density at radius 2 is 1.50 bits per heavy atom. The number of nitrogens with two attached hydrogens (primary N) is 1. The summed E-state index contributed by atoms with van der Waals surface area (Å²) in [7, 11) is 0. The molecule has 0 spiro atoms. The predicted molar refractivity (Wildman–Crippen MR) is 57.0 cm³/mol. The van der Waals surface area contributed by atoms with Crippen LogP contribution in [0.1, 0.15) is 38.5 Å². The number of nitrogens with zero attached hydrogens (tertiary/aromatic N) is 1. The summed E-state index contributed by atoms with van der Waals surface area (Å²) in [5.41, 5.74) is 5.89. The van der Waals surface area contributed by atoms with Crippen molar-refractivity contribution in [2.24, 2.45) is 5.73 Å². The van der Waals surface area contributed by atoms with E-state index in [0.717, 1.165) is 32.0 Å². The summed E-state index contributed by atoms with van der Waals surface area (Å²) in [6, 6.07) is 1.20. The van der Waals surface area contributed by atoms with E-state index < -0.39 is 0 Å². The lowest BCUT2D eigenvalue weighted by Gasteiger charge is -2.39. The third-order valence-corrected chi connectivity index (χ3v) is 3.76. The van der Waals surface area contributed by atoms with Crippen molar-refractivity contribution in [1.82, 2.24) is 4.90 Å². The summed E-state index contributed by atoms with van der Waals surface area (Å²) in [5, 5.41) is 9.42. The molecule has 14 heavy (non-hydrogen) atoms. The summed E-state index contributed by atoms with van der Waals surface area (Å²) in [4.78, 5) is 2.55. The third-order valence-electron chi connectivity index (χ3n) is 3.76. The minimum absolute atomic E-state index is 0.0444. The zero-order valence-electron chi connectivity index (χ0n) is 8.86. The van der Waals surface area contributed by atoms with Crippen molar-refractivity contribution in [2.75, 3.05) is 13.1 Å². The molecular weight excluding hydrogens is 176 g/mol. The Balaban J connectivity index is 1.78. The minimum Gasteiger partial charge on any atom is -0.393 e. The summed E-state index contributed by atoms with van der Waals surface area (Å²) in [6.45, 7) is 2.17. The number of rotatable bonds is 1. The van der Waals surface area contributed by atoms with Crippen LogP contribution in [0, 0.1) is 0 Å². The lowest BCUT2D eigenvalue weighted by molar-refractivity contribution is 0.0489. The molecular formula is C11H22N2O. The molecule has 1 saturated heterocycles. The first kappa shape index (κ1) is 10.4. The molecule has 2 fully saturated rings. The van der Waals surface area contributed by atoms with Crippen LogP contribution < -0.4 is 5.73 Å². The van der Waals surface area contributed by atoms with Crippen LogP contribution in [-0.2, 0) is 0 Å². The molecule has 2 rings (SSSR count). The van der Waals surface area contributed by atoms with E-state index in [-0.39, 0.29) is 6.10 Å². The fourth-order valence-electron chi connectivity index (χ4n) is 2.72. The molecule has 1 saturated carbocycles. The highest BCUT2D eigenvalue weighted by Crippen LogP contribution is 2.24.